The van der Waals surface area contributed by atoms with Crippen molar-refractivity contribution in [1.82, 2.24) is 8.52 Å². The predicted octanol–water partition coefficient (Wildman–Crippen LogP) is 2.47. The van der Waals surface area contributed by atoms with Crippen LogP contribution < -0.4 is 10.5 Å². The molecule has 1 heterocycles. The normalized spacial score (nSPS) is 11.8. The summed E-state index contributed by atoms with van der Waals surface area (Å²) < 4.78 is 3.20. The minimum absolute atomic E-state index is 0.0871. The average molecular weight is 283 g/mol. The molecule has 0 N–H and O–H groups in total. The maximum atomic E-state index is 12.3. The molecule has 1 aromatic heterocycles. The van der Waals surface area contributed by atoms with Crippen molar-refractivity contribution in [3.8, 4) is 5.69 Å². The molecular formula is C15H13N3OS. The average Bonchev–Trinajstić information content (AvgIpc) is 2.78. The van der Waals surface area contributed by atoms with E-state index in [9.17, 15) is 4.79 Å². The lowest BCUT2D eigenvalue weighted by molar-refractivity contribution is 0.792. The van der Waals surface area contributed by atoms with Crippen LogP contribution in [0, 0.1) is 0 Å². The first kappa shape index (κ1) is 12.6. The van der Waals surface area contributed by atoms with Crippen LogP contribution >= 0.6 is 11.5 Å². The fraction of sp³-hybridized carbons (Fsp3) is 0.0667. The maximum Gasteiger partial charge on any atom is 0.344 e. The van der Waals surface area contributed by atoms with Gasteiger partial charge in [-0.2, -0.15) is 0 Å². The molecule has 4 nitrogen and oxygen atoms in total. The van der Waals surface area contributed by atoms with Gasteiger partial charge in [-0.15, -0.1) is 0 Å². The van der Waals surface area contributed by atoms with Crippen LogP contribution in [-0.2, 0) is 7.05 Å². The lowest BCUT2D eigenvalue weighted by Gasteiger charge is -1.96. The highest BCUT2D eigenvalue weighted by molar-refractivity contribution is 7.03. The Kier molecular flexibility index (Phi) is 3.35. The summed E-state index contributed by atoms with van der Waals surface area (Å²) in [5.74, 6) is 0. The Bertz CT molecular complexity index is 829. The Hall–Kier alpha value is -2.40. The highest BCUT2D eigenvalue weighted by Gasteiger charge is 2.06. The molecule has 0 amide bonds. The van der Waals surface area contributed by atoms with Crippen LogP contribution in [-0.4, -0.2) is 8.52 Å². The lowest BCUT2D eigenvalue weighted by Crippen LogP contribution is -2.25. The van der Waals surface area contributed by atoms with Gasteiger partial charge in [0.15, 0.2) is 0 Å². The van der Waals surface area contributed by atoms with Crippen LogP contribution in [0.2, 0.25) is 0 Å². The number of benzene rings is 2. The molecule has 100 valence electrons. The van der Waals surface area contributed by atoms with Crippen molar-refractivity contribution in [3.05, 3.63) is 75.9 Å². The van der Waals surface area contributed by atoms with E-state index in [-0.39, 0.29) is 5.69 Å². The van der Waals surface area contributed by atoms with Crippen LogP contribution in [0.1, 0.15) is 0 Å². The number of aromatic nitrogens is 2. The first-order valence-electron chi connectivity index (χ1n) is 6.20. The smallest absolute Gasteiger partial charge is 0.270 e. The molecule has 5 heteroatoms. The van der Waals surface area contributed by atoms with Gasteiger partial charge in [0.1, 0.15) is 0 Å². The summed E-state index contributed by atoms with van der Waals surface area (Å²) in [6.45, 7) is 0. The second-order valence-corrected chi connectivity index (χ2v) is 5.21. The molecule has 20 heavy (non-hydrogen) atoms. The van der Waals surface area contributed by atoms with Crippen LogP contribution in [0.5, 0.6) is 0 Å². The minimum Gasteiger partial charge on any atom is -0.270 e. The molecule has 0 spiro atoms. The predicted molar refractivity (Wildman–Crippen MR) is 80.6 cm³/mol. The van der Waals surface area contributed by atoms with Gasteiger partial charge in [-0.25, -0.2) is 13.7 Å². The van der Waals surface area contributed by atoms with E-state index in [2.05, 4.69) is 4.99 Å². The molecule has 2 aromatic carbocycles. The third-order valence-electron chi connectivity index (χ3n) is 2.89. The zero-order valence-electron chi connectivity index (χ0n) is 10.9. The molecule has 0 unspecified atom stereocenters. The number of para-hydroxylation sites is 2. The van der Waals surface area contributed by atoms with Crippen LogP contribution in [0.3, 0.4) is 0 Å². The van der Waals surface area contributed by atoms with E-state index in [4.69, 9.17) is 0 Å². The zero-order valence-corrected chi connectivity index (χ0v) is 11.7. The minimum atomic E-state index is -0.0871. The number of hydrogen-bond acceptors (Lipinski definition) is 3. The molecule has 0 aliphatic carbocycles. The third-order valence-corrected chi connectivity index (χ3v) is 3.97. The SMILES string of the molecule is Cn1c(=Nc2ccccc2)sn(-c2ccccc2)c1=O. The number of rotatable bonds is 2. The van der Waals surface area contributed by atoms with Gasteiger partial charge in [-0.05, 0) is 35.8 Å². The van der Waals surface area contributed by atoms with Gasteiger partial charge in [0.2, 0.25) is 4.80 Å². The Morgan fingerprint density at radius 1 is 0.950 bits per heavy atom. The Balaban J connectivity index is 2.17. The van der Waals surface area contributed by atoms with Gasteiger partial charge in [0, 0.05) is 7.05 Å². The van der Waals surface area contributed by atoms with Crippen molar-refractivity contribution in [3.63, 3.8) is 0 Å². The van der Waals surface area contributed by atoms with E-state index in [0.717, 1.165) is 11.4 Å². The molecular weight excluding hydrogens is 270 g/mol. The number of hydrogen-bond donors (Lipinski definition) is 0. The molecule has 0 fully saturated rings. The van der Waals surface area contributed by atoms with Crippen molar-refractivity contribution in [2.75, 3.05) is 0 Å². The van der Waals surface area contributed by atoms with E-state index in [1.165, 1.54) is 11.5 Å². The summed E-state index contributed by atoms with van der Waals surface area (Å²) in [7, 11) is 1.74. The molecule has 0 aliphatic rings. The van der Waals surface area contributed by atoms with E-state index >= 15 is 0 Å². The van der Waals surface area contributed by atoms with Crippen molar-refractivity contribution in [1.29, 1.82) is 0 Å². The summed E-state index contributed by atoms with van der Waals surface area (Å²) in [6, 6.07) is 19.2. The Labute approximate surface area is 120 Å². The first-order chi connectivity index (χ1) is 9.75. The summed E-state index contributed by atoms with van der Waals surface area (Å²) in [5.41, 5.74) is 1.60. The van der Waals surface area contributed by atoms with Gasteiger partial charge in [0.25, 0.3) is 0 Å². The topological polar surface area (TPSA) is 39.3 Å². The summed E-state index contributed by atoms with van der Waals surface area (Å²) >= 11 is 1.33. The van der Waals surface area contributed by atoms with Crippen LogP contribution in [0.15, 0.2) is 70.5 Å². The highest BCUT2D eigenvalue weighted by atomic mass is 32.1. The quantitative estimate of drug-likeness (QED) is 0.712. The standard InChI is InChI=1S/C15H13N3OS/c1-17-14(16-12-8-4-2-5-9-12)20-18(15(17)19)13-10-6-3-7-11-13/h2-11H,1H3. The van der Waals surface area contributed by atoms with E-state index in [1.807, 2.05) is 60.7 Å². The first-order valence-corrected chi connectivity index (χ1v) is 6.97. The van der Waals surface area contributed by atoms with Crippen LogP contribution in [0.25, 0.3) is 5.69 Å². The zero-order chi connectivity index (χ0) is 13.9. The van der Waals surface area contributed by atoms with Crippen molar-refractivity contribution in [2.24, 2.45) is 12.0 Å². The molecule has 0 aliphatic heterocycles. The number of nitrogens with zero attached hydrogens (tertiary/aromatic N) is 3. The molecule has 3 rings (SSSR count). The van der Waals surface area contributed by atoms with E-state index < -0.39 is 0 Å². The van der Waals surface area contributed by atoms with Crippen molar-refractivity contribution in [2.45, 2.75) is 0 Å². The monoisotopic (exact) mass is 283 g/mol. The molecule has 0 radical (unpaired) electrons. The maximum absolute atomic E-state index is 12.3. The molecule has 0 atom stereocenters. The van der Waals surface area contributed by atoms with Gasteiger partial charge in [-0.3, -0.25) is 4.57 Å². The lowest BCUT2D eigenvalue weighted by atomic mass is 10.3. The fourth-order valence-corrected chi connectivity index (χ4v) is 2.77. The Morgan fingerprint density at radius 2 is 1.55 bits per heavy atom. The molecule has 0 saturated carbocycles. The highest BCUT2D eigenvalue weighted by Crippen LogP contribution is 2.09. The largest absolute Gasteiger partial charge is 0.344 e. The molecule has 0 bridgehead atoms. The summed E-state index contributed by atoms with van der Waals surface area (Å²) in [5, 5.41) is 0. The van der Waals surface area contributed by atoms with E-state index in [1.54, 1.807) is 15.6 Å². The van der Waals surface area contributed by atoms with Gasteiger partial charge in [0.05, 0.1) is 11.4 Å². The second kappa shape index (κ2) is 5.30. The van der Waals surface area contributed by atoms with Gasteiger partial charge in [-0.1, -0.05) is 36.4 Å². The summed E-state index contributed by atoms with van der Waals surface area (Å²) in [4.78, 5) is 17.4. The molecule has 3 aromatic rings. The Morgan fingerprint density at radius 3 is 2.20 bits per heavy atom. The van der Waals surface area contributed by atoms with Crippen molar-refractivity contribution >= 4 is 17.2 Å². The van der Waals surface area contributed by atoms with Gasteiger partial charge < -0.3 is 0 Å². The molecule has 0 saturated heterocycles. The second-order valence-electron chi connectivity index (χ2n) is 4.29. The fourth-order valence-electron chi connectivity index (χ4n) is 1.83. The van der Waals surface area contributed by atoms with Crippen LogP contribution in [0.4, 0.5) is 5.69 Å². The van der Waals surface area contributed by atoms with Crippen molar-refractivity contribution < 1.29 is 0 Å². The third kappa shape index (κ3) is 2.35. The summed E-state index contributed by atoms with van der Waals surface area (Å²) in [6.07, 6.45) is 0. The van der Waals surface area contributed by atoms with Gasteiger partial charge >= 0.3 is 5.69 Å². The van der Waals surface area contributed by atoms with E-state index in [0.29, 0.717) is 4.80 Å².